The second-order valence-corrected chi connectivity index (χ2v) is 3.56. The summed E-state index contributed by atoms with van der Waals surface area (Å²) < 4.78 is 4.95. The van der Waals surface area contributed by atoms with E-state index in [0.717, 1.165) is 32.1 Å². The quantitative estimate of drug-likeness (QED) is 0.634. The van der Waals surface area contributed by atoms with E-state index in [2.05, 4.69) is 0 Å². The summed E-state index contributed by atoms with van der Waals surface area (Å²) in [6.45, 7) is 0.0813. The van der Waals surface area contributed by atoms with Gasteiger partial charge in [-0.3, -0.25) is 0 Å². The van der Waals surface area contributed by atoms with Gasteiger partial charge in [-0.25, -0.2) is 4.79 Å². The number of aliphatic hydroxyl groups is 1. The normalized spacial score (nSPS) is 29.3. The monoisotopic (exact) mass is 187 g/mol. The number of hydrogen-bond acceptors (Lipinski definition) is 3. The molecule has 0 heterocycles. The van der Waals surface area contributed by atoms with Gasteiger partial charge in [-0.15, -0.1) is 0 Å². The van der Waals surface area contributed by atoms with Crippen LogP contribution in [-0.4, -0.2) is 23.9 Å². The number of nitrogens with two attached hydrogens (primary N) is 1. The molecule has 0 unspecified atom stereocenters. The predicted octanol–water partition coefficient (Wildman–Crippen LogP) is 1.02. The van der Waals surface area contributed by atoms with Gasteiger partial charge >= 0.3 is 6.09 Å². The van der Waals surface area contributed by atoms with Crippen molar-refractivity contribution < 1.29 is 14.6 Å². The number of carbonyl (C=O) groups is 1. The van der Waals surface area contributed by atoms with Gasteiger partial charge in [0.2, 0.25) is 0 Å². The fourth-order valence-electron chi connectivity index (χ4n) is 1.86. The number of carbonyl (C=O) groups excluding carboxylic acids is 1. The standard InChI is InChI=1S/C9H17NO3/c10-9(12)13-8-5-3-1-2-4-7(8)6-11/h7-8,11H,1-6H2,(H2,10,12)/t7-,8-/m0/s1. The first-order valence-electron chi connectivity index (χ1n) is 4.81. The van der Waals surface area contributed by atoms with Crippen molar-refractivity contribution in [3.8, 4) is 0 Å². The zero-order chi connectivity index (χ0) is 9.68. The SMILES string of the molecule is NC(=O)O[C@H]1CCCCC[C@H]1CO. The molecule has 0 aromatic heterocycles. The van der Waals surface area contributed by atoms with Crippen LogP contribution in [0.4, 0.5) is 4.79 Å². The first kappa shape index (κ1) is 10.3. The zero-order valence-electron chi connectivity index (χ0n) is 7.74. The summed E-state index contributed by atoms with van der Waals surface area (Å²) in [6.07, 6.45) is 4.14. The second-order valence-electron chi connectivity index (χ2n) is 3.56. The molecule has 1 rings (SSSR count). The van der Waals surface area contributed by atoms with Crippen LogP contribution >= 0.6 is 0 Å². The van der Waals surface area contributed by atoms with Gasteiger partial charge in [-0.05, 0) is 19.3 Å². The van der Waals surface area contributed by atoms with Gasteiger partial charge in [0, 0.05) is 12.5 Å². The van der Waals surface area contributed by atoms with Crippen LogP contribution in [0.3, 0.4) is 0 Å². The number of amides is 1. The Hall–Kier alpha value is -0.770. The highest BCUT2D eigenvalue weighted by molar-refractivity contribution is 5.64. The summed E-state index contributed by atoms with van der Waals surface area (Å²) in [6, 6.07) is 0. The molecule has 13 heavy (non-hydrogen) atoms. The Morgan fingerprint density at radius 2 is 2.08 bits per heavy atom. The van der Waals surface area contributed by atoms with Crippen molar-refractivity contribution in [2.24, 2.45) is 11.7 Å². The number of ether oxygens (including phenoxy) is 1. The minimum Gasteiger partial charge on any atom is -0.446 e. The summed E-state index contributed by atoms with van der Waals surface area (Å²) in [5, 5.41) is 9.07. The molecule has 76 valence electrons. The van der Waals surface area contributed by atoms with E-state index in [9.17, 15) is 4.79 Å². The second kappa shape index (κ2) is 5.07. The summed E-state index contributed by atoms with van der Waals surface area (Å²) in [5.41, 5.74) is 4.95. The first-order chi connectivity index (χ1) is 6.24. The van der Waals surface area contributed by atoms with Gasteiger partial charge in [0.05, 0.1) is 0 Å². The van der Waals surface area contributed by atoms with E-state index < -0.39 is 6.09 Å². The van der Waals surface area contributed by atoms with Crippen molar-refractivity contribution in [2.75, 3.05) is 6.61 Å². The number of hydrogen-bond donors (Lipinski definition) is 2. The van der Waals surface area contributed by atoms with E-state index in [1.807, 2.05) is 0 Å². The van der Waals surface area contributed by atoms with Gasteiger partial charge < -0.3 is 15.6 Å². The third-order valence-corrected chi connectivity index (χ3v) is 2.59. The van der Waals surface area contributed by atoms with Crippen LogP contribution in [0.15, 0.2) is 0 Å². The lowest BCUT2D eigenvalue weighted by molar-refractivity contribution is 0.0399. The third kappa shape index (κ3) is 3.22. The highest BCUT2D eigenvalue weighted by atomic mass is 16.6. The van der Waals surface area contributed by atoms with Crippen LogP contribution in [0.2, 0.25) is 0 Å². The average molecular weight is 187 g/mol. The van der Waals surface area contributed by atoms with Gasteiger partial charge in [-0.1, -0.05) is 12.8 Å². The molecule has 1 aliphatic rings. The summed E-state index contributed by atoms with van der Waals surface area (Å²) in [4.78, 5) is 10.6. The maximum atomic E-state index is 10.6. The average Bonchev–Trinajstić information content (AvgIpc) is 2.28. The van der Waals surface area contributed by atoms with Crippen LogP contribution < -0.4 is 5.73 Å². The molecule has 2 atom stereocenters. The molecular weight excluding hydrogens is 170 g/mol. The number of primary amides is 1. The van der Waals surface area contributed by atoms with E-state index >= 15 is 0 Å². The van der Waals surface area contributed by atoms with Crippen LogP contribution in [0.5, 0.6) is 0 Å². The largest absolute Gasteiger partial charge is 0.446 e. The lowest BCUT2D eigenvalue weighted by Gasteiger charge is -2.22. The molecule has 0 saturated heterocycles. The van der Waals surface area contributed by atoms with Gasteiger partial charge in [0.1, 0.15) is 6.10 Å². The minimum absolute atomic E-state index is 0.0787. The predicted molar refractivity (Wildman–Crippen MR) is 48.1 cm³/mol. The minimum atomic E-state index is -0.731. The summed E-state index contributed by atoms with van der Waals surface area (Å²) in [7, 11) is 0. The Morgan fingerprint density at radius 3 is 2.69 bits per heavy atom. The number of rotatable bonds is 2. The molecule has 0 radical (unpaired) electrons. The molecule has 1 saturated carbocycles. The van der Waals surface area contributed by atoms with Crippen LogP contribution in [0.25, 0.3) is 0 Å². The fourth-order valence-corrected chi connectivity index (χ4v) is 1.86. The van der Waals surface area contributed by atoms with Crippen LogP contribution in [0, 0.1) is 5.92 Å². The first-order valence-corrected chi connectivity index (χ1v) is 4.81. The number of aliphatic hydroxyl groups excluding tert-OH is 1. The highest BCUT2D eigenvalue weighted by Gasteiger charge is 2.25. The van der Waals surface area contributed by atoms with E-state index in [4.69, 9.17) is 15.6 Å². The zero-order valence-corrected chi connectivity index (χ0v) is 7.74. The van der Waals surface area contributed by atoms with E-state index in [1.165, 1.54) is 0 Å². The van der Waals surface area contributed by atoms with Crippen molar-refractivity contribution in [1.82, 2.24) is 0 Å². The Balaban J connectivity index is 2.48. The molecule has 0 bridgehead atoms. The van der Waals surface area contributed by atoms with Crippen molar-refractivity contribution in [1.29, 1.82) is 0 Å². The Bertz CT molecular complexity index is 172. The molecule has 0 spiro atoms. The molecule has 0 aliphatic heterocycles. The van der Waals surface area contributed by atoms with Crippen LogP contribution in [0.1, 0.15) is 32.1 Å². The molecule has 4 nitrogen and oxygen atoms in total. The molecule has 1 amide bonds. The van der Waals surface area contributed by atoms with Crippen molar-refractivity contribution >= 4 is 6.09 Å². The lowest BCUT2D eigenvalue weighted by atomic mass is 9.98. The summed E-state index contributed by atoms with van der Waals surface area (Å²) in [5.74, 6) is 0.0787. The lowest BCUT2D eigenvalue weighted by Crippen LogP contribution is -2.30. The Labute approximate surface area is 78.1 Å². The van der Waals surface area contributed by atoms with Gasteiger partial charge in [0.25, 0.3) is 0 Å². The highest BCUT2D eigenvalue weighted by Crippen LogP contribution is 2.25. The maximum Gasteiger partial charge on any atom is 0.404 e. The third-order valence-electron chi connectivity index (χ3n) is 2.59. The van der Waals surface area contributed by atoms with E-state index in [0.29, 0.717) is 0 Å². The van der Waals surface area contributed by atoms with Crippen molar-refractivity contribution in [2.45, 2.75) is 38.2 Å². The van der Waals surface area contributed by atoms with Gasteiger partial charge in [-0.2, -0.15) is 0 Å². The fraction of sp³-hybridized carbons (Fsp3) is 0.889. The topological polar surface area (TPSA) is 72.6 Å². The Morgan fingerprint density at radius 1 is 1.38 bits per heavy atom. The molecule has 1 aliphatic carbocycles. The van der Waals surface area contributed by atoms with Crippen LogP contribution in [-0.2, 0) is 4.74 Å². The summed E-state index contributed by atoms with van der Waals surface area (Å²) >= 11 is 0. The molecule has 0 aromatic carbocycles. The molecule has 3 N–H and O–H groups in total. The smallest absolute Gasteiger partial charge is 0.404 e. The van der Waals surface area contributed by atoms with Crippen molar-refractivity contribution in [3.05, 3.63) is 0 Å². The van der Waals surface area contributed by atoms with Gasteiger partial charge in [0.15, 0.2) is 0 Å². The molecule has 1 fully saturated rings. The molecular formula is C9H17NO3. The Kier molecular flexibility index (Phi) is 4.02. The van der Waals surface area contributed by atoms with E-state index in [-0.39, 0.29) is 18.6 Å². The molecule has 4 heteroatoms. The van der Waals surface area contributed by atoms with Crippen molar-refractivity contribution in [3.63, 3.8) is 0 Å². The van der Waals surface area contributed by atoms with E-state index in [1.54, 1.807) is 0 Å². The molecule has 0 aromatic rings. The maximum absolute atomic E-state index is 10.6.